The number of rotatable bonds is 2. The number of ether oxygens (including phenoxy) is 1. The summed E-state index contributed by atoms with van der Waals surface area (Å²) in [5.74, 6) is -0.329. The summed E-state index contributed by atoms with van der Waals surface area (Å²) >= 11 is 0. The summed E-state index contributed by atoms with van der Waals surface area (Å²) in [4.78, 5) is 27.2. The second-order valence-corrected chi connectivity index (χ2v) is 5.11. The number of hydrogen-bond donors (Lipinski definition) is 1. The van der Waals surface area contributed by atoms with E-state index in [1.54, 1.807) is 17.9 Å². The summed E-state index contributed by atoms with van der Waals surface area (Å²) in [5, 5.41) is 0. The highest BCUT2D eigenvalue weighted by Crippen LogP contribution is 2.09. The number of carbonyl (C=O) groups excluding carboxylic acids is 1. The molecule has 0 aliphatic heterocycles. The average Bonchev–Trinajstić information content (AvgIpc) is 2.76. The fourth-order valence-corrected chi connectivity index (χ4v) is 1.71. The highest BCUT2D eigenvalue weighted by molar-refractivity contribution is 5.74. The Labute approximate surface area is 110 Å². The number of fused-ring (bicyclic) bond motifs is 1. The lowest BCUT2D eigenvalue weighted by Crippen LogP contribution is -2.27. The van der Waals surface area contributed by atoms with E-state index in [1.165, 1.54) is 6.33 Å². The van der Waals surface area contributed by atoms with Crippen molar-refractivity contribution in [3.05, 3.63) is 18.1 Å². The third kappa shape index (κ3) is 2.98. The van der Waals surface area contributed by atoms with Gasteiger partial charge < -0.3 is 14.3 Å². The van der Waals surface area contributed by atoms with Gasteiger partial charge in [0.15, 0.2) is 11.1 Å². The highest BCUT2D eigenvalue weighted by atomic mass is 16.6. The average molecular weight is 263 g/mol. The first-order valence-electron chi connectivity index (χ1n) is 5.94. The van der Waals surface area contributed by atoms with Crippen molar-refractivity contribution in [3.63, 3.8) is 0 Å². The van der Waals surface area contributed by atoms with Crippen LogP contribution in [0.4, 0.5) is 0 Å². The zero-order chi connectivity index (χ0) is 14.0. The number of esters is 1. The molecule has 0 radical (unpaired) electrons. The van der Waals surface area contributed by atoms with Gasteiger partial charge in [0.05, 0.1) is 12.7 Å². The quantitative estimate of drug-likeness (QED) is 0.805. The first-order chi connectivity index (χ1) is 8.90. The molecular formula is C12H17N5O2. The number of nitrogens with one attached hydrogen (secondary N) is 1. The first-order valence-corrected chi connectivity index (χ1v) is 5.94. The fourth-order valence-electron chi connectivity index (χ4n) is 1.71. The maximum Gasteiger partial charge on any atom is 0.326 e. The Morgan fingerprint density at radius 3 is 2.84 bits per heavy atom. The lowest BCUT2D eigenvalue weighted by atomic mass is 10.2. The van der Waals surface area contributed by atoms with Crippen molar-refractivity contribution >= 4 is 17.1 Å². The smallest absolute Gasteiger partial charge is 0.326 e. The molecule has 0 amide bonds. The molecule has 19 heavy (non-hydrogen) atoms. The van der Waals surface area contributed by atoms with Gasteiger partial charge in [0.2, 0.25) is 0 Å². The van der Waals surface area contributed by atoms with Crippen LogP contribution < -0.4 is 5.49 Å². The van der Waals surface area contributed by atoms with E-state index in [1.807, 2.05) is 20.8 Å². The summed E-state index contributed by atoms with van der Waals surface area (Å²) in [6, 6.07) is 0. The molecule has 1 N–H and O–H groups in total. The maximum atomic E-state index is 11.8. The summed E-state index contributed by atoms with van der Waals surface area (Å²) < 4.78 is 6.91. The van der Waals surface area contributed by atoms with Gasteiger partial charge in [-0.05, 0) is 20.8 Å². The Hall–Kier alpha value is -2.18. The van der Waals surface area contributed by atoms with Crippen LogP contribution in [0.3, 0.4) is 0 Å². The van der Waals surface area contributed by atoms with Gasteiger partial charge in [0.1, 0.15) is 17.7 Å². The number of nitrogens with zero attached hydrogens (tertiary/aromatic N) is 4. The van der Waals surface area contributed by atoms with Crippen LogP contribution >= 0.6 is 0 Å². The zero-order valence-corrected chi connectivity index (χ0v) is 11.5. The van der Waals surface area contributed by atoms with Gasteiger partial charge in [-0.2, -0.15) is 0 Å². The van der Waals surface area contributed by atoms with Gasteiger partial charge in [-0.1, -0.05) is 0 Å². The highest BCUT2D eigenvalue weighted by Gasteiger charge is 2.17. The minimum atomic E-state index is -0.506. The van der Waals surface area contributed by atoms with E-state index in [2.05, 4.69) is 19.9 Å². The molecule has 0 bridgehead atoms. The number of aromatic nitrogens is 4. The van der Waals surface area contributed by atoms with E-state index in [0.717, 1.165) is 0 Å². The second kappa shape index (κ2) is 4.83. The van der Waals surface area contributed by atoms with Crippen LogP contribution in [-0.2, 0) is 16.1 Å². The van der Waals surface area contributed by atoms with Crippen molar-refractivity contribution in [2.75, 3.05) is 7.05 Å². The molecule has 102 valence electrons. The molecule has 0 spiro atoms. The lowest BCUT2D eigenvalue weighted by molar-refractivity contribution is -0.155. The molecule has 7 heteroatoms. The molecule has 0 unspecified atom stereocenters. The van der Waals surface area contributed by atoms with Crippen molar-refractivity contribution in [2.45, 2.75) is 32.9 Å². The van der Waals surface area contributed by atoms with E-state index in [4.69, 9.17) is 4.74 Å². The molecular weight excluding hydrogens is 246 g/mol. The largest absolute Gasteiger partial charge is 0.459 e. The summed E-state index contributed by atoms with van der Waals surface area (Å²) in [5.41, 5.74) is 1.39. The molecule has 2 rings (SSSR count). The number of imidazole rings is 1. The van der Waals surface area contributed by atoms with Crippen LogP contribution in [0.5, 0.6) is 0 Å². The van der Waals surface area contributed by atoms with Crippen LogP contribution in [0.1, 0.15) is 20.8 Å². The number of hydrogen-bond acceptors (Lipinski definition) is 5. The number of H-pyrrole nitrogens is 1. The molecule has 0 atom stereocenters. The summed E-state index contributed by atoms with van der Waals surface area (Å²) in [6.07, 6.45) is 3.09. The van der Waals surface area contributed by atoms with Gasteiger partial charge in [-0.3, -0.25) is 9.79 Å². The molecule has 0 saturated carbocycles. The van der Waals surface area contributed by atoms with Gasteiger partial charge in [-0.25, -0.2) is 9.97 Å². The van der Waals surface area contributed by atoms with E-state index in [9.17, 15) is 4.79 Å². The lowest BCUT2D eigenvalue weighted by Gasteiger charge is -2.19. The third-order valence-electron chi connectivity index (χ3n) is 2.37. The molecule has 2 aromatic rings. The van der Waals surface area contributed by atoms with E-state index in [-0.39, 0.29) is 12.5 Å². The predicted molar refractivity (Wildman–Crippen MR) is 69.2 cm³/mol. The Bertz CT molecular complexity index is 663. The second-order valence-electron chi connectivity index (χ2n) is 5.11. The predicted octanol–water partition coefficient (Wildman–Crippen LogP) is 0.632. The van der Waals surface area contributed by atoms with Crippen molar-refractivity contribution < 1.29 is 9.53 Å². The first kappa shape index (κ1) is 13.3. The van der Waals surface area contributed by atoms with Gasteiger partial charge in [0.25, 0.3) is 0 Å². The maximum absolute atomic E-state index is 11.8. The molecule has 2 heterocycles. The molecule has 0 aliphatic rings. The number of carbonyl (C=O) groups is 1. The van der Waals surface area contributed by atoms with Crippen LogP contribution in [-0.4, -0.2) is 38.1 Å². The Balaban J connectivity index is 2.32. The monoisotopic (exact) mass is 263 g/mol. The van der Waals surface area contributed by atoms with Gasteiger partial charge in [-0.15, -0.1) is 0 Å². The number of aromatic amines is 1. The van der Waals surface area contributed by atoms with Crippen molar-refractivity contribution in [2.24, 2.45) is 4.99 Å². The van der Waals surface area contributed by atoms with E-state index >= 15 is 0 Å². The van der Waals surface area contributed by atoms with Crippen molar-refractivity contribution in [1.29, 1.82) is 0 Å². The molecule has 0 fully saturated rings. The normalized spacial score (nSPS) is 12.9. The summed E-state index contributed by atoms with van der Waals surface area (Å²) in [7, 11) is 1.65. The molecule has 2 aromatic heterocycles. The molecule has 0 aliphatic carbocycles. The van der Waals surface area contributed by atoms with Gasteiger partial charge >= 0.3 is 5.97 Å². The van der Waals surface area contributed by atoms with Crippen LogP contribution in [0.2, 0.25) is 0 Å². The van der Waals surface area contributed by atoms with Crippen LogP contribution in [0.25, 0.3) is 11.2 Å². The van der Waals surface area contributed by atoms with E-state index < -0.39 is 5.60 Å². The van der Waals surface area contributed by atoms with Crippen LogP contribution in [0.15, 0.2) is 17.6 Å². The molecule has 0 aromatic carbocycles. The third-order valence-corrected chi connectivity index (χ3v) is 2.37. The topological polar surface area (TPSA) is 85.2 Å². The Kier molecular flexibility index (Phi) is 3.37. The molecule has 7 nitrogen and oxygen atoms in total. The summed E-state index contributed by atoms with van der Waals surface area (Å²) in [6.45, 7) is 5.56. The minimum Gasteiger partial charge on any atom is -0.459 e. The Morgan fingerprint density at radius 1 is 1.47 bits per heavy atom. The fraction of sp³-hybridized carbons (Fsp3) is 0.500. The standard InChI is InChI=1S/C12H17N5O2/c1-12(2,3)19-8(18)5-17-7-16-10(13-4)9-11(17)15-6-14-9/h6-7H,5H2,1-4H3,(H,14,15). The van der Waals surface area contributed by atoms with E-state index in [0.29, 0.717) is 16.7 Å². The minimum absolute atomic E-state index is 0.0651. The van der Waals surface area contributed by atoms with Crippen LogP contribution in [0, 0.1) is 0 Å². The van der Waals surface area contributed by atoms with Gasteiger partial charge in [0, 0.05) is 7.05 Å². The SMILES string of the molecule is CN=c1ncn(CC(=O)OC(C)(C)C)c2nc[nH]c12. The van der Waals surface area contributed by atoms with Crippen molar-refractivity contribution in [1.82, 2.24) is 19.5 Å². The molecule has 0 saturated heterocycles. The van der Waals surface area contributed by atoms with Crippen molar-refractivity contribution in [3.8, 4) is 0 Å². The Morgan fingerprint density at radius 2 is 2.21 bits per heavy atom. The zero-order valence-electron chi connectivity index (χ0n) is 11.5.